The van der Waals surface area contributed by atoms with Gasteiger partial charge in [-0.3, -0.25) is 0 Å². The van der Waals surface area contributed by atoms with Crippen molar-refractivity contribution in [3.63, 3.8) is 0 Å². The Hall–Kier alpha value is -1.80. The normalized spacial score (nSPS) is 18.5. The number of benzene rings is 1. The van der Waals surface area contributed by atoms with Crippen molar-refractivity contribution >= 4 is 39.5 Å². The first kappa shape index (κ1) is 17.6. The van der Waals surface area contributed by atoms with Gasteiger partial charge in [-0.25, -0.2) is 5.01 Å². The summed E-state index contributed by atoms with van der Waals surface area (Å²) >= 11 is 5.90. The molecule has 1 aliphatic rings. The number of rotatable bonds is 4. The van der Waals surface area contributed by atoms with Crippen LogP contribution in [-0.4, -0.2) is 38.7 Å². The van der Waals surface area contributed by atoms with Crippen LogP contribution in [0, 0.1) is 5.92 Å². The van der Waals surface area contributed by atoms with Crippen molar-refractivity contribution in [3.8, 4) is 0 Å². The van der Waals surface area contributed by atoms with E-state index in [0.717, 1.165) is 6.42 Å². The number of hydrogen-bond acceptors (Lipinski definition) is 4. The first-order valence-corrected chi connectivity index (χ1v) is 9.14. The van der Waals surface area contributed by atoms with Gasteiger partial charge in [0.1, 0.15) is 0 Å². The number of sulfonamides is 1. The van der Waals surface area contributed by atoms with Crippen LogP contribution in [0.4, 0.5) is 5.69 Å². The Bertz CT molecular complexity index is 733. The Labute approximate surface area is 141 Å². The monoisotopic (exact) mass is 357 g/mol. The average Bonchev–Trinajstić information content (AvgIpc) is 2.98. The van der Waals surface area contributed by atoms with Crippen LogP contribution >= 0.6 is 11.6 Å². The summed E-state index contributed by atoms with van der Waals surface area (Å²) < 4.78 is 28.8. The predicted octanol–water partition coefficient (Wildman–Crippen LogP) is 1.90. The zero-order valence-electron chi connectivity index (χ0n) is 13.0. The molecule has 126 valence electrons. The van der Waals surface area contributed by atoms with Crippen LogP contribution in [-0.2, 0) is 10.0 Å². The first-order valence-electron chi connectivity index (χ1n) is 7.32. The van der Waals surface area contributed by atoms with E-state index >= 15 is 0 Å². The highest BCUT2D eigenvalue weighted by Gasteiger charge is 2.23. The molecule has 0 amide bonds. The average molecular weight is 358 g/mol. The second kappa shape index (κ2) is 7.18. The molecular formula is C14H20ClN5O2S. The standard InChI is InChI=1S/C14H20ClN5O2S/c1-3-10-8-18-20(9-10)14(17-4-2)19-23(21,22)11-5-6-13(16)12(15)7-11/h5-8,10H,3-4,9,16H2,1-2H3,(H,17,19). The molecule has 0 radical (unpaired) electrons. The number of hydrogen-bond donors (Lipinski definition) is 2. The zero-order valence-corrected chi connectivity index (χ0v) is 14.6. The molecule has 0 aromatic heterocycles. The van der Waals surface area contributed by atoms with Gasteiger partial charge in [0.25, 0.3) is 10.0 Å². The van der Waals surface area contributed by atoms with Gasteiger partial charge >= 0.3 is 0 Å². The lowest BCUT2D eigenvalue weighted by Gasteiger charge is -2.18. The van der Waals surface area contributed by atoms with Crippen LogP contribution in [0.1, 0.15) is 20.3 Å². The molecule has 3 N–H and O–H groups in total. The van der Waals surface area contributed by atoms with Crippen molar-refractivity contribution in [2.24, 2.45) is 15.4 Å². The van der Waals surface area contributed by atoms with E-state index in [-0.39, 0.29) is 21.8 Å². The van der Waals surface area contributed by atoms with Crippen LogP contribution in [0.25, 0.3) is 0 Å². The fraction of sp³-hybridized carbons (Fsp3) is 0.429. The van der Waals surface area contributed by atoms with Gasteiger partial charge in [-0.2, -0.15) is 13.5 Å². The molecular weight excluding hydrogens is 338 g/mol. The largest absolute Gasteiger partial charge is 0.398 e. The molecule has 1 aliphatic heterocycles. The number of anilines is 1. The summed E-state index contributed by atoms with van der Waals surface area (Å²) in [5.74, 6) is 0.486. The molecule has 1 heterocycles. The topological polar surface area (TPSA) is 100 Å². The summed E-state index contributed by atoms with van der Waals surface area (Å²) in [6.07, 6.45) is 2.74. The van der Waals surface area contributed by atoms with Crippen molar-refractivity contribution in [2.45, 2.75) is 25.2 Å². The highest BCUT2D eigenvalue weighted by Crippen LogP contribution is 2.24. The molecule has 0 fully saturated rings. The van der Waals surface area contributed by atoms with E-state index in [0.29, 0.717) is 18.8 Å². The second-order valence-electron chi connectivity index (χ2n) is 5.12. The Morgan fingerprint density at radius 2 is 2.26 bits per heavy atom. The van der Waals surface area contributed by atoms with Crippen molar-refractivity contribution in [1.29, 1.82) is 0 Å². The van der Waals surface area contributed by atoms with Gasteiger partial charge in [-0.05, 0) is 31.5 Å². The van der Waals surface area contributed by atoms with E-state index in [1.54, 1.807) is 11.2 Å². The molecule has 0 bridgehead atoms. The Kier molecular flexibility index (Phi) is 5.48. The minimum absolute atomic E-state index is 0.0117. The van der Waals surface area contributed by atoms with Crippen LogP contribution in [0.5, 0.6) is 0 Å². The number of nitrogens with one attached hydrogen (secondary N) is 1. The Balaban J connectivity index is 2.33. The summed E-state index contributed by atoms with van der Waals surface area (Å²) in [7, 11) is -3.91. The number of nitrogens with two attached hydrogens (primary N) is 1. The second-order valence-corrected chi connectivity index (χ2v) is 7.13. The maximum Gasteiger partial charge on any atom is 0.285 e. The summed E-state index contributed by atoms with van der Waals surface area (Å²) in [5.41, 5.74) is 5.92. The number of halogens is 1. The van der Waals surface area contributed by atoms with Gasteiger partial charge in [0.15, 0.2) is 0 Å². The lowest BCUT2D eigenvalue weighted by molar-refractivity contribution is 0.426. The fourth-order valence-corrected chi connectivity index (χ4v) is 3.27. The van der Waals surface area contributed by atoms with Crippen molar-refractivity contribution in [2.75, 3.05) is 18.8 Å². The quantitative estimate of drug-likeness (QED) is 0.487. The molecule has 1 atom stereocenters. The van der Waals surface area contributed by atoms with Crippen molar-refractivity contribution in [3.05, 3.63) is 23.2 Å². The predicted molar refractivity (Wildman–Crippen MR) is 93.1 cm³/mol. The van der Waals surface area contributed by atoms with Gasteiger partial charge in [-0.15, -0.1) is 4.40 Å². The lowest BCUT2D eigenvalue weighted by atomic mass is 10.1. The highest BCUT2D eigenvalue weighted by atomic mass is 35.5. The number of nitrogens with zero attached hydrogens (tertiary/aromatic N) is 3. The van der Waals surface area contributed by atoms with Gasteiger partial charge in [-0.1, -0.05) is 18.5 Å². The molecule has 0 saturated carbocycles. The fourth-order valence-electron chi connectivity index (χ4n) is 2.03. The van der Waals surface area contributed by atoms with Crippen molar-refractivity contribution in [1.82, 2.24) is 10.3 Å². The summed E-state index contributed by atoms with van der Waals surface area (Å²) in [6, 6.07) is 4.12. The van der Waals surface area contributed by atoms with Crippen LogP contribution < -0.4 is 11.1 Å². The minimum Gasteiger partial charge on any atom is -0.398 e. The van der Waals surface area contributed by atoms with Gasteiger partial charge < -0.3 is 11.1 Å². The van der Waals surface area contributed by atoms with Gasteiger partial charge in [0, 0.05) is 18.7 Å². The highest BCUT2D eigenvalue weighted by molar-refractivity contribution is 7.90. The number of guanidine groups is 1. The summed E-state index contributed by atoms with van der Waals surface area (Å²) in [6.45, 7) is 5.04. The van der Waals surface area contributed by atoms with E-state index in [9.17, 15) is 8.42 Å². The maximum atomic E-state index is 12.5. The number of nitrogen functional groups attached to an aromatic ring is 1. The molecule has 1 unspecified atom stereocenters. The van der Waals surface area contributed by atoms with Crippen LogP contribution in [0.2, 0.25) is 5.02 Å². The Morgan fingerprint density at radius 1 is 1.52 bits per heavy atom. The first-order chi connectivity index (χ1) is 10.9. The van der Waals surface area contributed by atoms with E-state index in [2.05, 4.69) is 21.7 Å². The SMILES string of the molecule is CCN/C(=N\S(=O)(=O)c1ccc(N)c(Cl)c1)N1CC(CC)C=N1. The smallest absolute Gasteiger partial charge is 0.285 e. The van der Waals surface area contributed by atoms with E-state index in [1.807, 2.05) is 6.92 Å². The molecule has 0 spiro atoms. The number of hydrazone groups is 1. The third-order valence-electron chi connectivity index (χ3n) is 3.40. The third-order valence-corrected chi connectivity index (χ3v) is 4.99. The lowest BCUT2D eigenvalue weighted by Crippen LogP contribution is -2.38. The van der Waals surface area contributed by atoms with Gasteiger partial charge in [0.2, 0.25) is 5.96 Å². The van der Waals surface area contributed by atoms with E-state index in [4.69, 9.17) is 17.3 Å². The van der Waals surface area contributed by atoms with Crippen molar-refractivity contribution < 1.29 is 8.42 Å². The molecule has 7 nitrogen and oxygen atoms in total. The van der Waals surface area contributed by atoms with Crippen LogP contribution in [0.15, 0.2) is 32.6 Å². The van der Waals surface area contributed by atoms with Crippen LogP contribution in [0.3, 0.4) is 0 Å². The minimum atomic E-state index is -3.91. The molecule has 0 aliphatic carbocycles. The molecule has 1 aromatic carbocycles. The van der Waals surface area contributed by atoms with E-state index in [1.165, 1.54) is 18.2 Å². The third kappa shape index (κ3) is 4.14. The zero-order chi connectivity index (χ0) is 17.0. The van der Waals surface area contributed by atoms with Gasteiger partial charge in [0.05, 0.1) is 22.2 Å². The molecule has 9 heteroatoms. The maximum absolute atomic E-state index is 12.5. The van der Waals surface area contributed by atoms with E-state index < -0.39 is 10.0 Å². The Morgan fingerprint density at radius 3 is 2.83 bits per heavy atom. The molecule has 0 saturated heterocycles. The molecule has 2 rings (SSSR count). The molecule has 23 heavy (non-hydrogen) atoms. The summed E-state index contributed by atoms with van der Waals surface area (Å²) in [5, 5.41) is 8.91. The summed E-state index contributed by atoms with van der Waals surface area (Å²) in [4.78, 5) is -0.0117. The molecule has 1 aromatic rings.